The number of hydrogen-bond donors (Lipinski definition) is 1. The summed E-state index contributed by atoms with van der Waals surface area (Å²) in [6.07, 6.45) is 0.0692. The van der Waals surface area contributed by atoms with Gasteiger partial charge in [0, 0.05) is 12.1 Å². The van der Waals surface area contributed by atoms with Crippen LogP contribution in [0.1, 0.15) is 19.2 Å². The van der Waals surface area contributed by atoms with Crippen molar-refractivity contribution < 1.29 is 18.7 Å². The molecule has 3 aromatic rings. The van der Waals surface area contributed by atoms with Crippen molar-refractivity contribution in [1.29, 1.82) is 0 Å². The Morgan fingerprint density at radius 2 is 2.00 bits per heavy atom. The third-order valence-electron chi connectivity index (χ3n) is 4.81. The number of halogens is 1. The minimum atomic E-state index is -0.792. The zero-order chi connectivity index (χ0) is 22.7. The monoisotopic (exact) mass is 437 g/mol. The molecule has 164 valence electrons. The zero-order valence-corrected chi connectivity index (χ0v) is 17.4. The molecule has 1 amide bonds. The summed E-state index contributed by atoms with van der Waals surface area (Å²) in [7, 11) is 0. The van der Waals surface area contributed by atoms with E-state index in [4.69, 9.17) is 4.74 Å². The summed E-state index contributed by atoms with van der Waals surface area (Å²) in [6, 6.07) is 12.3. The molecule has 2 heterocycles. The molecule has 1 N–H and O–H groups in total. The Hall–Kier alpha value is -4.15. The Kier molecular flexibility index (Phi) is 5.88. The second-order valence-corrected chi connectivity index (χ2v) is 6.96. The van der Waals surface area contributed by atoms with Crippen molar-refractivity contribution in [3.05, 3.63) is 60.2 Å². The van der Waals surface area contributed by atoms with Gasteiger partial charge in [0.2, 0.25) is 5.91 Å². The Bertz CT molecular complexity index is 1180. The maximum Gasteiger partial charge on any atom is 0.354 e. The number of rotatable bonds is 6. The number of anilines is 2. The maximum absolute atomic E-state index is 14.3. The van der Waals surface area contributed by atoms with Gasteiger partial charge >= 0.3 is 5.97 Å². The van der Waals surface area contributed by atoms with E-state index in [1.54, 1.807) is 26.0 Å². The van der Waals surface area contributed by atoms with Gasteiger partial charge in [0.05, 0.1) is 12.3 Å². The van der Waals surface area contributed by atoms with Crippen LogP contribution in [0.5, 0.6) is 0 Å². The molecule has 0 radical (unpaired) electrons. The number of hydrazone groups is 1. The highest BCUT2D eigenvalue weighted by Crippen LogP contribution is 2.26. The third-order valence-corrected chi connectivity index (χ3v) is 4.81. The summed E-state index contributed by atoms with van der Waals surface area (Å²) in [4.78, 5) is 25.4. The molecule has 1 aromatic heterocycles. The number of amides is 1. The van der Waals surface area contributed by atoms with Gasteiger partial charge in [0.15, 0.2) is 5.82 Å². The highest BCUT2D eigenvalue weighted by Gasteiger charge is 2.37. The van der Waals surface area contributed by atoms with Gasteiger partial charge in [-0.2, -0.15) is 9.78 Å². The number of carbonyl (C=O) groups is 2. The van der Waals surface area contributed by atoms with Crippen molar-refractivity contribution >= 4 is 29.0 Å². The number of hydrogen-bond acceptors (Lipinski definition) is 8. The zero-order valence-electron chi connectivity index (χ0n) is 17.4. The number of aromatic nitrogens is 4. The molecule has 11 heteroatoms. The minimum absolute atomic E-state index is 0.0692. The molecule has 1 aliphatic heterocycles. The Morgan fingerprint density at radius 3 is 2.69 bits per heavy atom. The standard InChI is InChI=1S/C21H20FN7O3/c1-3-32-21(31)17-12-19(29(25-17)15-7-5-4-6-8-15)20(30)23-14-9-10-16(22)18(11-14)28-13(2)24-26-27-28/h4-11,19H,3,12H2,1-2H3,(H,23,30). The first-order valence-corrected chi connectivity index (χ1v) is 9.92. The predicted octanol–water partition coefficient (Wildman–Crippen LogP) is 2.25. The molecule has 1 unspecified atom stereocenters. The number of aryl methyl sites for hydroxylation is 1. The van der Waals surface area contributed by atoms with Crippen molar-refractivity contribution in [2.24, 2.45) is 5.10 Å². The molecular formula is C21H20FN7O3. The first-order chi connectivity index (χ1) is 15.5. The van der Waals surface area contributed by atoms with Crippen LogP contribution in [-0.4, -0.2) is 50.4 Å². The average Bonchev–Trinajstić information content (AvgIpc) is 3.43. The van der Waals surface area contributed by atoms with E-state index in [0.717, 1.165) is 0 Å². The molecule has 0 saturated carbocycles. The molecule has 1 aliphatic rings. The molecule has 0 spiro atoms. The summed E-state index contributed by atoms with van der Waals surface area (Å²) >= 11 is 0. The number of nitrogens with one attached hydrogen (secondary N) is 1. The van der Waals surface area contributed by atoms with Crippen LogP contribution in [0.25, 0.3) is 5.69 Å². The third kappa shape index (κ3) is 4.17. The second-order valence-electron chi connectivity index (χ2n) is 6.96. The van der Waals surface area contributed by atoms with Crippen molar-refractivity contribution in [3.63, 3.8) is 0 Å². The fourth-order valence-corrected chi connectivity index (χ4v) is 3.30. The first kappa shape index (κ1) is 21.1. The lowest BCUT2D eigenvalue weighted by molar-refractivity contribution is -0.135. The Labute approximate surface area is 182 Å². The number of carbonyl (C=O) groups excluding carboxylic acids is 2. The van der Waals surface area contributed by atoms with Gasteiger partial charge in [0.1, 0.15) is 23.3 Å². The van der Waals surface area contributed by atoms with Crippen LogP contribution in [0.4, 0.5) is 15.8 Å². The number of ether oxygens (including phenoxy) is 1. The quantitative estimate of drug-likeness (QED) is 0.588. The van der Waals surface area contributed by atoms with Crippen molar-refractivity contribution in [1.82, 2.24) is 20.2 Å². The van der Waals surface area contributed by atoms with E-state index in [0.29, 0.717) is 17.2 Å². The molecule has 4 rings (SSSR count). The van der Waals surface area contributed by atoms with Gasteiger partial charge in [-0.05, 0) is 54.6 Å². The first-order valence-electron chi connectivity index (χ1n) is 9.92. The molecule has 0 bridgehead atoms. The van der Waals surface area contributed by atoms with Gasteiger partial charge in [-0.1, -0.05) is 18.2 Å². The minimum Gasteiger partial charge on any atom is -0.461 e. The molecule has 32 heavy (non-hydrogen) atoms. The fourth-order valence-electron chi connectivity index (χ4n) is 3.30. The van der Waals surface area contributed by atoms with E-state index in [1.807, 2.05) is 18.2 Å². The van der Waals surface area contributed by atoms with E-state index in [-0.39, 0.29) is 24.4 Å². The molecular weight excluding hydrogens is 417 g/mol. The van der Waals surface area contributed by atoms with Crippen LogP contribution in [-0.2, 0) is 14.3 Å². The van der Waals surface area contributed by atoms with Crippen LogP contribution >= 0.6 is 0 Å². The number of para-hydroxylation sites is 1. The Balaban J connectivity index is 1.59. The summed E-state index contributed by atoms with van der Waals surface area (Å²) in [5, 5.41) is 19.6. The molecule has 0 fully saturated rings. The topological polar surface area (TPSA) is 115 Å². The Morgan fingerprint density at radius 1 is 1.22 bits per heavy atom. The summed E-state index contributed by atoms with van der Waals surface area (Å²) < 4.78 is 20.6. The largest absolute Gasteiger partial charge is 0.461 e. The van der Waals surface area contributed by atoms with Gasteiger partial charge in [-0.3, -0.25) is 9.80 Å². The van der Waals surface area contributed by atoms with Crippen LogP contribution in [0.2, 0.25) is 0 Å². The lowest BCUT2D eigenvalue weighted by atomic mass is 10.1. The summed E-state index contributed by atoms with van der Waals surface area (Å²) in [5.41, 5.74) is 1.25. The number of tetrazole rings is 1. The lowest BCUT2D eigenvalue weighted by Crippen LogP contribution is -2.38. The van der Waals surface area contributed by atoms with E-state index in [9.17, 15) is 14.0 Å². The highest BCUT2D eigenvalue weighted by molar-refractivity contribution is 6.38. The van der Waals surface area contributed by atoms with Crippen LogP contribution < -0.4 is 10.3 Å². The number of nitrogens with zero attached hydrogens (tertiary/aromatic N) is 6. The van der Waals surface area contributed by atoms with Gasteiger partial charge in [-0.25, -0.2) is 9.18 Å². The maximum atomic E-state index is 14.3. The van der Waals surface area contributed by atoms with E-state index >= 15 is 0 Å². The summed E-state index contributed by atoms with van der Waals surface area (Å²) in [5.74, 6) is -1.13. The van der Waals surface area contributed by atoms with Gasteiger partial charge in [-0.15, -0.1) is 5.10 Å². The fraction of sp³-hybridized carbons (Fsp3) is 0.238. The van der Waals surface area contributed by atoms with Gasteiger partial charge in [0.25, 0.3) is 0 Å². The molecule has 2 aromatic carbocycles. The van der Waals surface area contributed by atoms with E-state index in [2.05, 4.69) is 25.9 Å². The van der Waals surface area contributed by atoms with E-state index < -0.39 is 23.7 Å². The van der Waals surface area contributed by atoms with Gasteiger partial charge < -0.3 is 10.1 Å². The normalized spacial score (nSPS) is 15.4. The molecule has 10 nitrogen and oxygen atoms in total. The van der Waals surface area contributed by atoms with E-state index in [1.165, 1.54) is 27.9 Å². The van der Waals surface area contributed by atoms with Crippen LogP contribution in [0.3, 0.4) is 0 Å². The van der Waals surface area contributed by atoms with Crippen molar-refractivity contribution in [3.8, 4) is 5.69 Å². The van der Waals surface area contributed by atoms with Crippen molar-refractivity contribution in [2.45, 2.75) is 26.3 Å². The molecule has 0 aliphatic carbocycles. The van der Waals surface area contributed by atoms with Crippen LogP contribution in [0.15, 0.2) is 53.6 Å². The van der Waals surface area contributed by atoms with Crippen molar-refractivity contribution in [2.75, 3.05) is 16.9 Å². The molecule has 0 saturated heterocycles. The number of benzene rings is 2. The predicted molar refractivity (Wildman–Crippen MR) is 114 cm³/mol. The summed E-state index contributed by atoms with van der Waals surface area (Å²) in [6.45, 7) is 3.54. The SMILES string of the molecule is CCOC(=O)C1=NN(c2ccccc2)C(C(=O)Nc2ccc(F)c(-n3nnnc3C)c2)C1. The van der Waals surface area contributed by atoms with Crippen LogP contribution in [0, 0.1) is 12.7 Å². The number of esters is 1. The highest BCUT2D eigenvalue weighted by atomic mass is 19.1. The molecule has 1 atom stereocenters. The average molecular weight is 437 g/mol. The smallest absolute Gasteiger partial charge is 0.354 e. The lowest BCUT2D eigenvalue weighted by Gasteiger charge is -2.22. The second kappa shape index (κ2) is 8.92.